The van der Waals surface area contributed by atoms with Crippen molar-refractivity contribution in [2.24, 2.45) is 0 Å². The molecule has 0 aliphatic carbocycles. The first-order valence-electron chi connectivity index (χ1n) is 6.31. The Hall–Kier alpha value is -1.88. The molecule has 1 heterocycles. The lowest BCUT2D eigenvalue weighted by Gasteiger charge is -2.14. The fourth-order valence-corrected chi connectivity index (χ4v) is 3.13. The monoisotopic (exact) mass is 292 g/mol. The van der Waals surface area contributed by atoms with Crippen molar-refractivity contribution >= 4 is 22.9 Å². The minimum absolute atomic E-state index is 0.0407. The number of nitrogens with one attached hydrogen (secondary N) is 1. The van der Waals surface area contributed by atoms with Crippen LogP contribution in [-0.2, 0) is 0 Å². The average Bonchev–Trinajstić information content (AvgIpc) is 2.71. The number of anilines is 1. The summed E-state index contributed by atoms with van der Waals surface area (Å²) in [6, 6.07) is 6.02. The number of hydrogen-bond donors (Lipinski definition) is 2. The largest absolute Gasteiger partial charge is 0.396 e. The zero-order valence-electron chi connectivity index (χ0n) is 11.7. The highest BCUT2D eigenvalue weighted by atomic mass is 32.1. The molecule has 0 saturated carbocycles. The van der Waals surface area contributed by atoms with Crippen molar-refractivity contribution in [2.75, 3.05) is 5.73 Å². The Labute approximate surface area is 121 Å². The highest BCUT2D eigenvalue weighted by Gasteiger charge is 2.15. The molecule has 0 spiro atoms. The molecule has 0 fully saturated rings. The minimum atomic E-state index is -0.576. The molecule has 3 N–H and O–H groups in total. The van der Waals surface area contributed by atoms with Crippen LogP contribution in [0.5, 0.6) is 0 Å². The molecule has 2 rings (SSSR count). The molecule has 1 aromatic heterocycles. The van der Waals surface area contributed by atoms with Gasteiger partial charge in [-0.2, -0.15) is 0 Å². The number of rotatable bonds is 3. The fourth-order valence-electron chi connectivity index (χ4n) is 2.11. The number of halogens is 1. The number of benzene rings is 1. The predicted molar refractivity (Wildman–Crippen MR) is 80.5 cm³/mol. The third kappa shape index (κ3) is 2.99. The second kappa shape index (κ2) is 5.63. The molecule has 3 nitrogen and oxygen atoms in total. The lowest BCUT2D eigenvalue weighted by molar-refractivity contribution is 0.0939. The Balaban J connectivity index is 2.15. The maximum Gasteiger partial charge on any atom is 0.251 e. The van der Waals surface area contributed by atoms with Crippen molar-refractivity contribution in [3.63, 3.8) is 0 Å². The summed E-state index contributed by atoms with van der Waals surface area (Å²) in [5.41, 5.74) is 6.80. The van der Waals surface area contributed by atoms with E-state index < -0.39 is 5.82 Å². The molecule has 0 saturated heterocycles. The number of aryl methyl sites for hydroxylation is 2. The highest BCUT2D eigenvalue weighted by Crippen LogP contribution is 2.26. The predicted octanol–water partition coefficient (Wildman–Crippen LogP) is 3.58. The van der Waals surface area contributed by atoms with Crippen LogP contribution in [0.25, 0.3) is 0 Å². The lowest BCUT2D eigenvalue weighted by Crippen LogP contribution is -2.26. The zero-order valence-corrected chi connectivity index (χ0v) is 12.5. The van der Waals surface area contributed by atoms with Crippen LogP contribution in [0.15, 0.2) is 24.3 Å². The molecule has 1 unspecified atom stereocenters. The van der Waals surface area contributed by atoms with E-state index in [1.54, 1.807) is 11.3 Å². The summed E-state index contributed by atoms with van der Waals surface area (Å²) in [5.74, 6) is -0.882. The van der Waals surface area contributed by atoms with Gasteiger partial charge in [0.05, 0.1) is 11.7 Å². The zero-order chi connectivity index (χ0) is 14.9. The van der Waals surface area contributed by atoms with Crippen molar-refractivity contribution < 1.29 is 9.18 Å². The van der Waals surface area contributed by atoms with Gasteiger partial charge in [-0.15, -0.1) is 11.3 Å². The molecule has 2 aromatic rings. The molecule has 20 heavy (non-hydrogen) atoms. The number of carbonyl (C=O) groups is 1. The third-order valence-corrected chi connectivity index (χ3v) is 4.14. The van der Waals surface area contributed by atoms with E-state index in [4.69, 9.17) is 5.73 Å². The Morgan fingerprint density at radius 2 is 2.05 bits per heavy atom. The number of hydrogen-bond acceptors (Lipinski definition) is 3. The van der Waals surface area contributed by atoms with E-state index in [-0.39, 0.29) is 23.2 Å². The van der Waals surface area contributed by atoms with Gasteiger partial charge >= 0.3 is 0 Å². The summed E-state index contributed by atoms with van der Waals surface area (Å²) < 4.78 is 13.4. The highest BCUT2D eigenvalue weighted by molar-refractivity contribution is 7.12. The summed E-state index contributed by atoms with van der Waals surface area (Å²) in [6.45, 7) is 5.98. The number of nitrogens with two attached hydrogens (primary N) is 1. The number of carbonyl (C=O) groups excluding carboxylic acids is 1. The van der Waals surface area contributed by atoms with Crippen LogP contribution in [0.4, 0.5) is 10.1 Å². The molecule has 1 aromatic carbocycles. The molecular formula is C15H17FN2OS. The number of amides is 1. The van der Waals surface area contributed by atoms with E-state index in [9.17, 15) is 9.18 Å². The molecular weight excluding hydrogens is 275 g/mol. The van der Waals surface area contributed by atoms with Crippen LogP contribution in [0, 0.1) is 19.7 Å². The van der Waals surface area contributed by atoms with E-state index in [0.717, 1.165) is 11.6 Å². The molecule has 106 valence electrons. The molecule has 0 aliphatic heterocycles. The summed E-state index contributed by atoms with van der Waals surface area (Å²) in [6.07, 6.45) is 0. The third-order valence-electron chi connectivity index (χ3n) is 3.16. The summed E-state index contributed by atoms with van der Waals surface area (Å²) >= 11 is 1.70. The van der Waals surface area contributed by atoms with Crippen molar-refractivity contribution in [1.82, 2.24) is 5.32 Å². The second-order valence-electron chi connectivity index (χ2n) is 4.80. The molecule has 0 bridgehead atoms. The molecule has 0 aliphatic rings. The second-order valence-corrected chi connectivity index (χ2v) is 6.26. The van der Waals surface area contributed by atoms with E-state index >= 15 is 0 Å². The van der Waals surface area contributed by atoms with Gasteiger partial charge in [0, 0.05) is 15.3 Å². The van der Waals surface area contributed by atoms with Crippen LogP contribution < -0.4 is 11.1 Å². The minimum Gasteiger partial charge on any atom is -0.396 e. The van der Waals surface area contributed by atoms with E-state index in [1.807, 2.05) is 20.8 Å². The van der Waals surface area contributed by atoms with Crippen LogP contribution in [0.2, 0.25) is 0 Å². The van der Waals surface area contributed by atoms with Crippen LogP contribution >= 0.6 is 11.3 Å². The molecule has 1 amide bonds. The quantitative estimate of drug-likeness (QED) is 0.850. The Bertz CT molecular complexity index is 651. The number of nitrogen functional groups attached to an aromatic ring is 1. The Kier molecular flexibility index (Phi) is 4.09. The van der Waals surface area contributed by atoms with Gasteiger partial charge in [0.25, 0.3) is 5.91 Å². The van der Waals surface area contributed by atoms with Crippen LogP contribution in [0.3, 0.4) is 0 Å². The van der Waals surface area contributed by atoms with Crippen LogP contribution in [-0.4, -0.2) is 5.91 Å². The first-order chi connectivity index (χ1) is 9.38. The van der Waals surface area contributed by atoms with E-state index in [0.29, 0.717) is 0 Å². The maximum atomic E-state index is 13.4. The van der Waals surface area contributed by atoms with Gasteiger partial charge in [-0.05, 0) is 50.6 Å². The average molecular weight is 292 g/mol. The van der Waals surface area contributed by atoms with Gasteiger partial charge in [0.2, 0.25) is 0 Å². The van der Waals surface area contributed by atoms with Crippen molar-refractivity contribution in [3.05, 3.63) is 51.0 Å². The van der Waals surface area contributed by atoms with Gasteiger partial charge in [-0.25, -0.2) is 4.39 Å². The van der Waals surface area contributed by atoms with Gasteiger partial charge < -0.3 is 11.1 Å². The summed E-state index contributed by atoms with van der Waals surface area (Å²) in [7, 11) is 0. The van der Waals surface area contributed by atoms with Crippen molar-refractivity contribution in [1.29, 1.82) is 0 Å². The number of thiophene rings is 1. The Morgan fingerprint density at radius 1 is 1.35 bits per heavy atom. The normalized spacial score (nSPS) is 12.2. The van der Waals surface area contributed by atoms with Crippen molar-refractivity contribution in [3.8, 4) is 0 Å². The van der Waals surface area contributed by atoms with Gasteiger partial charge in [0.1, 0.15) is 5.82 Å². The summed E-state index contributed by atoms with van der Waals surface area (Å²) in [4.78, 5) is 14.5. The van der Waals surface area contributed by atoms with Gasteiger partial charge in [0.15, 0.2) is 0 Å². The fraction of sp³-hybridized carbons (Fsp3) is 0.267. The van der Waals surface area contributed by atoms with Gasteiger partial charge in [-0.1, -0.05) is 0 Å². The van der Waals surface area contributed by atoms with E-state index in [2.05, 4.69) is 11.4 Å². The first-order valence-corrected chi connectivity index (χ1v) is 7.13. The lowest BCUT2D eigenvalue weighted by atomic mass is 10.1. The van der Waals surface area contributed by atoms with E-state index in [1.165, 1.54) is 21.9 Å². The van der Waals surface area contributed by atoms with Crippen molar-refractivity contribution in [2.45, 2.75) is 26.8 Å². The molecule has 1 atom stereocenters. The maximum absolute atomic E-state index is 13.4. The first kappa shape index (κ1) is 14.5. The Morgan fingerprint density at radius 3 is 2.60 bits per heavy atom. The van der Waals surface area contributed by atoms with Crippen LogP contribution in [0.1, 0.15) is 38.6 Å². The standard InChI is InChI=1S/C15H17FN2OS/c1-8-6-12(10(3)20-8)9(2)18-15(19)11-4-5-14(17)13(16)7-11/h4-7,9H,17H2,1-3H3,(H,18,19). The SMILES string of the molecule is Cc1cc(C(C)NC(=O)c2ccc(N)c(F)c2)c(C)s1. The molecule has 0 radical (unpaired) electrons. The smallest absolute Gasteiger partial charge is 0.251 e. The van der Waals surface area contributed by atoms with Gasteiger partial charge in [-0.3, -0.25) is 4.79 Å². The molecule has 5 heteroatoms. The topological polar surface area (TPSA) is 55.1 Å². The summed E-state index contributed by atoms with van der Waals surface area (Å²) in [5, 5.41) is 2.87.